The van der Waals surface area contributed by atoms with E-state index in [1.807, 2.05) is 0 Å². The van der Waals surface area contributed by atoms with Gasteiger partial charge >= 0.3 is 0 Å². The summed E-state index contributed by atoms with van der Waals surface area (Å²) in [5.41, 5.74) is 0. The second-order valence-corrected chi connectivity index (χ2v) is 9.89. The van der Waals surface area contributed by atoms with Crippen molar-refractivity contribution in [2.75, 3.05) is 6.61 Å². The maximum Gasteiger partial charge on any atom is 0.220 e. The fourth-order valence-corrected chi connectivity index (χ4v) is 4.39. The summed E-state index contributed by atoms with van der Waals surface area (Å²) in [6.07, 6.45) is 25.4. The largest absolute Gasteiger partial charge is 0.394 e. The predicted molar refractivity (Wildman–Crippen MR) is 138 cm³/mol. The Morgan fingerprint density at radius 1 is 0.656 bits per heavy atom. The summed E-state index contributed by atoms with van der Waals surface area (Å²) in [6, 6.07) is -0.320. The van der Waals surface area contributed by atoms with Gasteiger partial charge in [-0.15, -0.1) is 0 Å². The Morgan fingerprint density at radius 2 is 1.06 bits per heavy atom. The first kappa shape index (κ1) is 31.4. The molecule has 0 aromatic heterocycles. The van der Waals surface area contributed by atoms with Gasteiger partial charge in [0.1, 0.15) is 0 Å². The van der Waals surface area contributed by atoms with Crippen LogP contribution in [0, 0.1) is 0 Å². The van der Waals surface area contributed by atoms with E-state index in [-0.39, 0.29) is 18.6 Å². The smallest absolute Gasteiger partial charge is 0.220 e. The number of carbonyl (C=O) groups excluding carboxylic acids is 1. The van der Waals surface area contributed by atoms with Crippen molar-refractivity contribution in [2.24, 2.45) is 0 Å². The van der Waals surface area contributed by atoms with E-state index in [0.717, 1.165) is 32.1 Å². The van der Waals surface area contributed by atoms with Gasteiger partial charge in [0.15, 0.2) is 0 Å². The van der Waals surface area contributed by atoms with Crippen LogP contribution in [0.4, 0.5) is 0 Å². The molecule has 2 unspecified atom stereocenters. The molecule has 0 aromatic rings. The minimum atomic E-state index is -0.436. The van der Waals surface area contributed by atoms with E-state index < -0.39 is 6.10 Å². The monoisotopic (exact) mass is 455 g/mol. The van der Waals surface area contributed by atoms with E-state index >= 15 is 0 Å². The summed E-state index contributed by atoms with van der Waals surface area (Å²) >= 11 is 0. The summed E-state index contributed by atoms with van der Waals surface area (Å²) in [5.74, 6) is 0.0132. The van der Waals surface area contributed by atoms with Crippen LogP contribution in [0.5, 0.6) is 0 Å². The lowest BCUT2D eigenvalue weighted by Gasteiger charge is -2.20. The van der Waals surface area contributed by atoms with E-state index in [9.17, 15) is 15.0 Å². The van der Waals surface area contributed by atoms with Crippen LogP contribution in [-0.2, 0) is 4.79 Å². The molecule has 0 saturated heterocycles. The number of nitrogens with one attached hydrogen (secondary N) is 1. The molecule has 0 bridgehead atoms. The minimum absolute atomic E-state index is 0.0132. The third-order valence-corrected chi connectivity index (χ3v) is 6.54. The van der Waals surface area contributed by atoms with Gasteiger partial charge in [-0.3, -0.25) is 4.79 Å². The lowest BCUT2D eigenvalue weighted by atomic mass is 10.0. The predicted octanol–water partition coefficient (Wildman–Crippen LogP) is 7.45. The van der Waals surface area contributed by atoms with E-state index in [0.29, 0.717) is 12.8 Å². The number of hydrogen-bond donors (Lipinski definition) is 3. The van der Waals surface area contributed by atoms with Crippen molar-refractivity contribution in [1.82, 2.24) is 5.32 Å². The van der Waals surface area contributed by atoms with E-state index in [1.165, 1.54) is 96.3 Å². The van der Waals surface area contributed by atoms with Gasteiger partial charge in [-0.05, 0) is 19.3 Å². The molecule has 3 N–H and O–H groups in total. The molecule has 0 aromatic carbocycles. The van der Waals surface area contributed by atoms with Crippen molar-refractivity contribution in [3.05, 3.63) is 0 Å². The second-order valence-electron chi connectivity index (χ2n) is 9.89. The van der Waals surface area contributed by atoms with Crippen LogP contribution in [0.25, 0.3) is 0 Å². The zero-order chi connectivity index (χ0) is 23.7. The molecular formula is C28H57NO3. The number of aliphatic hydroxyl groups excluding tert-OH is 2. The van der Waals surface area contributed by atoms with Crippen LogP contribution >= 0.6 is 0 Å². The minimum Gasteiger partial charge on any atom is -0.394 e. The number of hydrogen-bond acceptors (Lipinski definition) is 3. The highest BCUT2D eigenvalue weighted by Gasteiger charge is 2.16. The highest BCUT2D eigenvalue weighted by Crippen LogP contribution is 2.14. The summed E-state index contributed by atoms with van der Waals surface area (Å²) in [7, 11) is 0. The average molecular weight is 456 g/mol. The lowest BCUT2D eigenvalue weighted by Crippen LogP contribution is -2.39. The molecule has 0 saturated carbocycles. The van der Waals surface area contributed by atoms with Crippen LogP contribution in [0.1, 0.15) is 155 Å². The maximum atomic E-state index is 12.2. The summed E-state index contributed by atoms with van der Waals surface area (Å²) in [6.45, 7) is 4.40. The van der Waals surface area contributed by atoms with Gasteiger partial charge in [0.05, 0.1) is 18.8 Å². The topological polar surface area (TPSA) is 69.6 Å². The summed E-state index contributed by atoms with van der Waals surface area (Å²) in [5, 5.41) is 22.7. The molecule has 0 radical (unpaired) electrons. The van der Waals surface area contributed by atoms with Gasteiger partial charge in [0, 0.05) is 6.42 Å². The molecule has 4 heteroatoms. The SMILES string of the molecule is CCCCCCCCCCCCCC(=O)NC(CO)CC(O)CCCCCCCCCC. The highest BCUT2D eigenvalue weighted by molar-refractivity contribution is 5.76. The molecule has 0 heterocycles. The zero-order valence-electron chi connectivity index (χ0n) is 21.7. The van der Waals surface area contributed by atoms with Crippen molar-refractivity contribution >= 4 is 5.91 Å². The average Bonchev–Trinajstić information content (AvgIpc) is 2.78. The van der Waals surface area contributed by atoms with Gasteiger partial charge in [0.2, 0.25) is 5.91 Å². The normalized spacial score (nSPS) is 13.2. The quantitative estimate of drug-likeness (QED) is 0.125. The van der Waals surface area contributed by atoms with Crippen molar-refractivity contribution in [3.8, 4) is 0 Å². The lowest BCUT2D eigenvalue weighted by molar-refractivity contribution is -0.122. The molecule has 1 amide bonds. The molecule has 0 aliphatic rings. The van der Waals surface area contributed by atoms with Gasteiger partial charge in [-0.25, -0.2) is 0 Å². The fraction of sp³-hybridized carbons (Fsp3) is 0.964. The van der Waals surface area contributed by atoms with Crippen LogP contribution in [-0.4, -0.2) is 34.9 Å². The van der Waals surface area contributed by atoms with Crippen molar-refractivity contribution < 1.29 is 15.0 Å². The van der Waals surface area contributed by atoms with Crippen LogP contribution in [0.3, 0.4) is 0 Å². The van der Waals surface area contributed by atoms with Gasteiger partial charge < -0.3 is 15.5 Å². The van der Waals surface area contributed by atoms with E-state index in [2.05, 4.69) is 19.2 Å². The summed E-state index contributed by atoms with van der Waals surface area (Å²) in [4.78, 5) is 12.2. The van der Waals surface area contributed by atoms with Crippen LogP contribution < -0.4 is 5.32 Å². The van der Waals surface area contributed by atoms with Crippen molar-refractivity contribution in [3.63, 3.8) is 0 Å². The first-order chi connectivity index (χ1) is 15.6. The Labute approximate surface area is 200 Å². The Bertz CT molecular complexity index is 389. The first-order valence-corrected chi connectivity index (χ1v) is 14.2. The van der Waals surface area contributed by atoms with E-state index in [4.69, 9.17) is 0 Å². The number of carbonyl (C=O) groups is 1. The number of rotatable bonds is 25. The van der Waals surface area contributed by atoms with Crippen LogP contribution in [0.2, 0.25) is 0 Å². The Hall–Kier alpha value is -0.610. The Kier molecular flexibility index (Phi) is 24.5. The van der Waals surface area contributed by atoms with Gasteiger partial charge in [-0.2, -0.15) is 0 Å². The molecule has 4 nitrogen and oxygen atoms in total. The molecular weight excluding hydrogens is 398 g/mol. The molecule has 0 aliphatic carbocycles. The maximum absolute atomic E-state index is 12.2. The number of unbranched alkanes of at least 4 members (excludes halogenated alkanes) is 17. The molecule has 0 spiro atoms. The van der Waals surface area contributed by atoms with Crippen LogP contribution in [0.15, 0.2) is 0 Å². The Morgan fingerprint density at radius 3 is 1.50 bits per heavy atom. The van der Waals surface area contributed by atoms with Crippen molar-refractivity contribution in [2.45, 2.75) is 167 Å². The number of amides is 1. The molecule has 0 aliphatic heterocycles. The zero-order valence-corrected chi connectivity index (χ0v) is 21.7. The third-order valence-electron chi connectivity index (χ3n) is 6.54. The van der Waals surface area contributed by atoms with E-state index in [1.54, 1.807) is 0 Å². The molecule has 2 atom stereocenters. The standard InChI is InChI=1S/C28H57NO3/c1-3-5-7-9-11-13-14-15-17-19-21-23-28(32)29-26(25-30)24-27(31)22-20-18-16-12-10-8-6-4-2/h26-27,30-31H,3-25H2,1-2H3,(H,29,32). The number of aliphatic hydroxyl groups is 2. The molecule has 32 heavy (non-hydrogen) atoms. The first-order valence-electron chi connectivity index (χ1n) is 14.2. The van der Waals surface area contributed by atoms with Gasteiger partial charge in [0.25, 0.3) is 0 Å². The fourth-order valence-electron chi connectivity index (χ4n) is 4.39. The third kappa shape index (κ3) is 22.6. The second kappa shape index (κ2) is 25.0. The van der Waals surface area contributed by atoms with Gasteiger partial charge in [-0.1, -0.05) is 129 Å². The summed E-state index contributed by atoms with van der Waals surface area (Å²) < 4.78 is 0. The molecule has 0 fully saturated rings. The molecule has 192 valence electrons. The highest BCUT2D eigenvalue weighted by atomic mass is 16.3. The Balaban J connectivity index is 3.60. The molecule has 0 rings (SSSR count). The van der Waals surface area contributed by atoms with Crippen molar-refractivity contribution in [1.29, 1.82) is 0 Å².